The molecule has 0 aromatic rings. The maximum atomic E-state index is 12.3. The second-order valence-corrected chi connectivity index (χ2v) is 7.91. The smallest absolute Gasteiger partial charge is 0.139 e. The molecule has 0 heterocycles. The number of ketones is 1. The molecule has 0 spiro atoms. The normalized spacial score (nSPS) is 51.1. The van der Waals surface area contributed by atoms with Gasteiger partial charge in [0.25, 0.3) is 0 Å². The molecule has 6 atom stereocenters. The zero-order chi connectivity index (χ0) is 14.8. The number of hydrogen-bond donors (Lipinski definition) is 1. The Bertz CT molecular complexity index is 584. The number of carbonyl (C=O) groups is 1. The van der Waals surface area contributed by atoms with Crippen LogP contribution in [-0.2, 0) is 4.79 Å². The van der Waals surface area contributed by atoms with Crippen LogP contribution in [0.1, 0.15) is 39.5 Å². The standard InChI is InChI=1S/C19H24O2/c1-18-9-7-13(20)11-12(18)3-4-14-15-5-6-17(21)19(15,2)10-8-16(14)18/h3-4,7,9,11-12,14-16,20H,5-6,8,10H2,1-2H3/t12?,14-,15-,16-,18-,19-/m0/s1. The van der Waals surface area contributed by atoms with E-state index in [0.717, 1.165) is 25.7 Å². The summed E-state index contributed by atoms with van der Waals surface area (Å²) in [6.07, 6.45) is 14.7. The van der Waals surface area contributed by atoms with E-state index in [1.165, 1.54) is 0 Å². The minimum atomic E-state index is -0.0783. The number of aliphatic hydroxyl groups excluding tert-OH is 1. The minimum Gasteiger partial charge on any atom is -0.508 e. The molecule has 2 fully saturated rings. The zero-order valence-electron chi connectivity index (χ0n) is 12.9. The monoisotopic (exact) mass is 284 g/mol. The summed E-state index contributed by atoms with van der Waals surface area (Å²) in [5.74, 6) is 2.81. The van der Waals surface area contributed by atoms with E-state index in [4.69, 9.17) is 0 Å². The molecular weight excluding hydrogens is 260 g/mol. The Hall–Kier alpha value is -1.31. The Morgan fingerprint density at radius 1 is 1.19 bits per heavy atom. The van der Waals surface area contributed by atoms with Crippen molar-refractivity contribution in [3.8, 4) is 0 Å². The van der Waals surface area contributed by atoms with Crippen LogP contribution in [0.25, 0.3) is 0 Å². The van der Waals surface area contributed by atoms with Crippen molar-refractivity contribution in [2.24, 2.45) is 34.5 Å². The Kier molecular flexibility index (Phi) is 2.62. The highest BCUT2D eigenvalue weighted by atomic mass is 16.3. The highest BCUT2D eigenvalue weighted by Gasteiger charge is 2.57. The summed E-state index contributed by atoms with van der Waals surface area (Å²) in [6, 6.07) is 0. The third-order valence-electron chi connectivity index (χ3n) is 7.06. The van der Waals surface area contributed by atoms with E-state index in [1.54, 1.807) is 0 Å². The Balaban J connectivity index is 1.75. The van der Waals surface area contributed by atoms with Crippen molar-refractivity contribution in [2.75, 3.05) is 0 Å². The average molecular weight is 284 g/mol. The molecule has 4 aliphatic carbocycles. The van der Waals surface area contributed by atoms with Crippen molar-refractivity contribution in [1.82, 2.24) is 0 Å². The van der Waals surface area contributed by atoms with Crippen LogP contribution in [0.3, 0.4) is 0 Å². The topological polar surface area (TPSA) is 37.3 Å². The molecular formula is C19H24O2. The Morgan fingerprint density at radius 2 is 2.00 bits per heavy atom. The third-order valence-corrected chi connectivity index (χ3v) is 7.06. The maximum absolute atomic E-state index is 12.3. The molecule has 0 aromatic carbocycles. The fourth-order valence-electron chi connectivity index (χ4n) is 5.64. The van der Waals surface area contributed by atoms with Crippen LogP contribution >= 0.6 is 0 Å². The predicted octanol–water partition coefficient (Wildman–Crippen LogP) is 4.20. The quantitative estimate of drug-likeness (QED) is 0.677. The van der Waals surface area contributed by atoms with E-state index in [2.05, 4.69) is 32.1 Å². The second-order valence-electron chi connectivity index (χ2n) is 7.91. The number of rotatable bonds is 0. The van der Waals surface area contributed by atoms with Gasteiger partial charge < -0.3 is 5.11 Å². The third kappa shape index (κ3) is 1.62. The van der Waals surface area contributed by atoms with Crippen LogP contribution in [0.4, 0.5) is 0 Å². The highest BCUT2D eigenvalue weighted by molar-refractivity contribution is 5.87. The average Bonchev–Trinajstić information content (AvgIpc) is 2.76. The van der Waals surface area contributed by atoms with Gasteiger partial charge in [-0.15, -0.1) is 0 Å². The molecule has 0 saturated heterocycles. The Labute approximate surface area is 126 Å². The van der Waals surface area contributed by atoms with Crippen LogP contribution < -0.4 is 0 Å². The van der Waals surface area contributed by atoms with Crippen LogP contribution in [0.2, 0.25) is 0 Å². The van der Waals surface area contributed by atoms with Gasteiger partial charge >= 0.3 is 0 Å². The first-order chi connectivity index (χ1) is 9.95. The highest BCUT2D eigenvalue weighted by Crippen LogP contribution is 2.62. The molecule has 0 aliphatic heterocycles. The number of fused-ring (bicyclic) bond motifs is 5. The van der Waals surface area contributed by atoms with Gasteiger partial charge in [-0.2, -0.15) is 0 Å². The van der Waals surface area contributed by atoms with Crippen molar-refractivity contribution in [2.45, 2.75) is 39.5 Å². The minimum absolute atomic E-state index is 0.0783. The van der Waals surface area contributed by atoms with Gasteiger partial charge in [0, 0.05) is 17.8 Å². The largest absolute Gasteiger partial charge is 0.508 e. The summed E-state index contributed by atoms with van der Waals surface area (Å²) in [7, 11) is 0. The molecule has 112 valence electrons. The fourth-order valence-corrected chi connectivity index (χ4v) is 5.64. The molecule has 0 bridgehead atoms. The van der Waals surface area contributed by atoms with E-state index in [1.807, 2.05) is 12.2 Å². The maximum Gasteiger partial charge on any atom is 0.139 e. The first-order valence-corrected chi connectivity index (χ1v) is 8.27. The Morgan fingerprint density at radius 3 is 2.81 bits per heavy atom. The molecule has 1 unspecified atom stereocenters. The van der Waals surface area contributed by atoms with E-state index in [-0.39, 0.29) is 10.8 Å². The molecule has 0 aromatic heterocycles. The SMILES string of the molecule is C[C@]12C=CC(O)=CC1C=C[C@@H]1[C@@H]2CC[C@]2(C)C(=O)CC[C@@H]12. The van der Waals surface area contributed by atoms with E-state index < -0.39 is 0 Å². The summed E-state index contributed by atoms with van der Waals surface area (Å²) in [6.45, 7) is 4.53. The van der Waals surface area contributed by atoms with Gasteiger partial charge in [0.05, 0.1) is 0 Å². The summed E-state index contributed by atoms with van der Waals surface area (Å²) in [5, 5.41) is 9.78. The van der Waals surface area contributed by atoms with E-state index in [9.17, 15) is 9.90 Å². The lowest BCUT2D eigenvalue weighted by molar-refractivity contribution is -0.130. The molecule has 0 amide bonds. The second kappa shape index (κ2) is 4.12. The summed E-state index contributed by atoms with van der Waals surface area (Å²) in [4.78, 5) is 12.3. The molecule has 2 saturated carbocycles. The molecule has 4 aliphatic rings. The van der Waals surface area contributed by atoms with Gasteiger partial charge in [-0.3, -0.25) is 4.79 Å². The van der Waals surface area contributed by atoms with Crippen molar-refractivity contribution in [3.05, 3.63) is 36.1 Å². The molecule has 4 rings (SSSR count). The summed E-state index contributed by atoms with van der Waals surface area (Å²) in [5.41, 5.74) is 0.0175. The van der Waals surface area contributed by atoms with Crippen molar-refractivity contribution < 1.29 is 9.90 Å². The summed E-state index contributed by atoms with van der Waals surface area (Å²) < 4.78 is 0. The first kappa shape index (κ1) is 13.4. The molecule has 2 nitrogen and oxygen atoms in total. The molecule has 1 N–H and O–H groups in total. The van der Waals surface area contributed by atoms with Gasteiger partial charge in [-0.1, -0.05) is 32.1 Å². The number of aliphatic hydroxyl groups is 1. The van der Waals surface area contributed by atoms with Gasteiger partial charge in [0.1, 0.15) is 11.5 Å². The number of allylic oxidation sites excluding steroid dienone is 5. The predicted molar refractivity (Wildman–Crippen MR) is 82.6 cm³/mol. The van der Waals surface area contributed by atoms with Crippen molar-refractivity contribution in [1.29, 1.82) is 0 Å². The van der Waals surface area contributed by atoms with Crippen molar-refractivity contribution >= 4 is 5.78 Å². The van der Waals surface area contributed by atoms with E-state index >= 15 is 0 Å². The van der Waals surface area contributed by atoms with Crippen LogP contribution in [0, 0.1) is 34.5 Å². The first-order valence-electron chi connectivity index (χ1n) is 8.27. The lowest BCUT2D eigenvalue weighted by atomic mass is 9.49. The van der Waals surface area contributed by atoms with E-state index in [0.29, 0.717) is 35.2 Å². The lowest BCUT2D eigenvalue weighted by Crippen LogP contribution is -2.49. The number of Topliss-reactive ketones (excluding diaryl/α,β-unsaturated/α-hetero) is 1. The summed E-state index contributed by atoms with van der Waals surface area (Å²) >= 11 is 0. The van der Waals surface area contributed by atoms with Gasteiger partial charge in [0.2, 0.25) is 0 Å². The van der Waals surface area contributed by atoms with Gasteiger partial charge in [0.15, 0.2) is 0 Å². The molecule has 0 radical (unpaired) electrons. The van der Waals surface area contributed by atoms with Gasteiger partial charge in [-0.05, 0) is 54.6 Å². The molecule has 2 heteroatoms. The fraction of sp³-hybridized carbons (Fsp3) is 0.632. The zero-order valence-corrected chi connectivity index (χ0v) is 12.9. The van der Waals surface area contributed by atoms with Crippen LogP contribution in [-0.4, -0.2) is 10.9 Å². The van der Waals surface area contributed by atoms with Crippen LogP contribution in [0.15, 0.2) is 36.1 Å². The van der Waals surface area contributed by atoms with Crippen molar-refractivity contribution in [3.63, 3.8) is 0 Å². The number of carbonyl (C=O) groups excluding carboxylic acids is 1. The molecule has 21 heavy (non-hydrogen) atoms. The number of hydrogen-bond acceptors (Lipinski definition) is 2. The van der Waals surface area contributed by atoms with Crippen LogP contribution in [0.5, 0.6) is 0 Å². The lowest BCUT2D eigenvalue weighted by Gasteiger charge is -2.54. The van der Waals surface area contributed by atoms with Gasteiger partial charge in [-0.25, -0.2) is 0 Å².